The molecule has 1 heterocycles. The minimum Gasteiger partial charge on any atom is -0.295 e. The number of nitrogens with one attached hydrogen (secondary N) is 2. The van der Waals surface area contributed by atoms with Crippen molar-refractivity contribution in [1.29, 1.82) is 0 Å². The number of hydrogen-bond donors (Lipinski definition) is 2. The highest BCUT2D eigenvalue weighted by Crippen LogP contribution is 2.47. The van der Waals surface area contributed by atoms with Crippen LogP contribution in [0, 0.1) is 0 Å². The summed E-state index contributed by atoms with van der Waals surface area (Å²) in [6, 6.07) is 1.44. The Hall–Kier alpha value is -1.30. The Kier molecular flexibility index (Phi) is 3.24. The van der Waals surface area contributed by atoms with E-state index in [-0.39, 0.29) is 22.2 Å². The second-order valence-corrected chi connectivity index (χ2v) is 5.28. The molecule has 0 spiro atoms. The van der Waals surface area contributed by atoms with Crippen molar-refractivity contribution >= 4 is 23.6 Å². The number of amides is 1. The summed E-state index contributed by atoms with van der Waals surface area (Å²) in [7, 11) is 0. The molecule has 1 aliphatic carbocycles. The van der Waals surface area contributed by atoms with Crippen LogP contribution in [0.25, 0.3) is 0 Å². The van der Waals surface area contributed by atoms with Gasteiger partial charge in [-0.15, -0.1) is 11.8 Å². The van der Waals surface area contributed by atoms with Crippen LogP contribution in [0.2, 0.25) is 0 Å². The van der Waals surface area contributed by atoms with Crippen LogP contribution in [-0.2, 0) is 11.2 Å². The third-order valence-electron chi connectivity index (χ3n) is 2.90. The normalized spacial score (nSPS) is 16.6. The Morgan fingerprint density at radius 2 is 2.35 bits per heavy atom. The van der Waals surface area contributed by atoms with Crippen LogP contribution >= 0.6 is 11.8 Å². The lowest BCUT2D eigenvalue weighted by atomic mass is 10.3. The summed E-state index contributed by atoms with van der Waals surface area (Å²) < 4.78 is -0.305. The average Bonchev–Trinajstić information content (AvgIpc) is 3.09. The van der Waals surface area contributed by atoms with Crippen molar-refractivity contribution in [3.05, 3.63) is 22.1 Å². The fourth-order valence-electron chi connectivity index (χ4n) is 1.61. The number of carbonyl (C=O) groups is 1. The van der Waals surface area contributed by atoms with E-state index >= 15 is 0 Å². The molecule has 1 aromatic rings. The largest absolute Gasteiger partial charge is 0.295 e. The van der Waals surface area contributed by atoms with E-state index in [0.29, 0.717) is 12.1 Å². The first-order valence-corrected chi connectivity index (χ1v) is 6.79. The number of aromatic nitrogens is 2. The Morgan fingerprint density at radius 3 is 2.88 bits per heavy atom. The van der Waals surface area contributed by atoms with Gasteiger partial charge in [-0.1, -0.05) is 6.92 Å². The highest BCUT2D eigenvalue weighted by molar-refractivity contribution is 8.01. The van der Waals surface area contributed by atoms with Gasteiger partial charge in [0.25, 0.3) is 5.56 Å². The van der Waals surface area contributed by atoms with Gasteiger partial charge in [0.2, 0.25) is 11.9 Å². The maximum Gasteiger partial charge on any atom is 0.252 e. The van der Waals surface area contributed by atoms with Crippen molar-refractivity contribution in [1.82, 2.24) is 9.97 Å². The van der Waals surface area contributed by atoms with E-state index in [2.05, 4.69) is 15.3 Å². The average molecular weight is 253 g/mol. The molecule has 1 fully saturated rings. The molecule has 0 aromatic carbocycles. The van der Waals surface area contributed by atoms with E-state index in [1.165, 1.54) is 6.07 Å². The first-order chi connectivity index (χ1) is 8.09. The smallest absolute Gasteiger partial charge is 0.252 e. The Labute approximate surface area is 103 Å². The number of anilines is 1. The maximum absolute atomic E-state index is 11.9. The molecule has 0 atom stereocenters. The molecule has 0 unspecified atom stereocenters. The monoisotopic (exact) mass is 253 g/mol. The number of thioether (sulfide) groups is 1. The fraction of sp³-hybridized carbons (Fsp3) is 0.545. The van der Waals surface area contributed by atoms with Crippen molar-refractivity contribution in [2.45, 2.75) is 30.9 Å². The molecule has 1 aliphatic rings. The number of rotatable bonds is 4. The SMILES string of the molecule is CCc1cc(=O)[nH]c(NC(=O)C2(SC)CC2)n1. The Morgan fingerprint density at radius 1 is 1.65 bits per heavy atom. The molecule has 1 saturated carbocycles. The lowest BCUT2D eigenvalue weighted by Gasteiger charge is -2.11. The molecular formula is C11H15N3O2S. The van der Waals surface area contributed by atoms with Gasteiger partial charge >= 0.3 is 0 Å². The van der Waals surface area contributed by atoms with E-state index in [1.54, 1.807) is 11.8 Å². The predicted octanol–water partition coefficient (Wildman–Crippen LogP) is 1.17. The molecule has 5 nitrogen and oxygen atoms in total. The van der Waals surface area contributed by atoms with E-state index in [9.17, 15) is 9.59 Å². The van der Waals surface area contributed by atoms with Crippen LogP contribution in [0.5, 0.6) is 0 Å². The molecule has 2 rings (SSSR count). The van der Waals surface area contributed by atoms with E-state index in [4.69, 9.17) is 0 Å². The molecule has 6 heteroatoms. The molecule has 2 N–H and O–H groups in total. The van der Waals surface area contributed by atoms with Crippen LogP contribution in [-0.4, -0.2) is 26.9 Å². The first-order valence-electron chi connectivity index (χ1n) is 5.56. The van der Waals surface area contributed by atoms with E-state index in [0.717, 1.165) is 12.8 Å². The maximum atomic E-state index is 11.9. The third-order valence-corrected chi connectivity index (χ3v) is 4.27. The highest BCUT2D eigenvalue weighted by atomic mass is 32.2. The molecule has 17 heavy (non-hydrogen) atoms. The Bertz CT molecular complexity index is 494. The van der Waals surface area contributed by atoms with Crippen molar-refractivity contribution < 1.29 is 4.79 Å². The molecule has 0 aliphatic heterocycles. The Balaban J connectivity index is 2.16. The highest BCUT2D eigenvalue weighted by Gasteiger charge is 2.49. The molecule has 1 aromatic heterocycles. The summed E-state index contributed by atoms with van der Waals surface area (Å²) in [4.78, 5) is 30.0. The fourth-order valence-corrected chi connectivity index (χ4v) is 2.35. The van der Waals surface area contributed by atoms with Gasteiger partial charge in [-0.05, 0) is 25.5 Å². The van der Waals surface area contributed by atoms with Gasteiger partial charge in [-0.25, -0.2) is 4.98 Å². The summed E-state index contributed by atoms with van der Waals surface area (Å²) in [5, 5.41) is 2.68. The van der Waals surface area contributed by atoms with Gasteiger partial charge in [0.15, 0.2) is 0 Å². The standard InChI is InChI=1S/C11H15N3O2S/c1-3-7-6-8(15)13-10(12-7)14-9(16)11(17-2)4-5-11/h6H,3-5H2,1-2H3,(H2,12,13,14,15,16). The lowest BCUT2D eigenvalue weighted by Crippen LogP contribution is -2.28. The van der Waals surface area contributed by atoms with Gasteiger partial charge in [-0.3, -0.25) is 19.9 Å². The van der Waals surface area contributed by atoms with Crippen LogP contribution in [0.1, 0.15) is 25.5 Å². The number of nitrogens with zero attached hydrogens (tertiary/aromatic N) is 1. The third kappa shape index (κ3) is 2.52. The van der Waals surface area contributed by atoms with Gasteiger partial charge in [-0.2, -0.15) is 0 Å². The van der Waals surface area contributed by atoms with Crippen molar-refractivity contribution in [2.24, 2.45) is 0 Å². The minimum absolute atomic E-state index is 0.0681. The lowest BCUT2D eigenvalue weighted by molar-refractivity contribution is -0.116. The van der Waals surface area contributed by atoms with Crippen LogP contribution in [0.4, 0.5) is 5.95 Å². The van der Waals surface area contributed by atoms with Crippen LogP contribution < -0.4 is 10.9 Å². The van der Waals surface area contributed by atoms with Crippen molar-refractivity contribution in [2.75, 3.05) is 11.6 Å². The summed E-state index contributed by atoms with van der Waals surface area (Å²) in [6.07, 6.45) is 4.36. The summed E-state index contributed by atoms with van der Waals surface area (Å²) in [5.74, 6) is 0.182. The molecule has 1 amide bonds. The number of aromatic amines is 1. The van der Waals surface area contributed by atoms with E-state index in [1.807, 2.05) is 13.2 Å². The van der Waals surface area contributed by atoms with Crippen LogP contribution in [0.3, 0.4) is 0 Å². The summed E-state index contributed by atoms with van der Waals surface area (Å²) in [5.41, 5.74) is 0.444. The van der Waals surface area contributed by atoms with Gasteiger partial charge < -0.3 is 0 Å². The number of aryl methyl sites for hydroxylation is 1. The quantitative estimate of drug-likeness (QED) is 0.844. The summed E-state index contributed by atoms with van der Waals surface area (Å²) in [6.45, 7) is 1.91. The zero-order valence-corrected chi connectivity index (χ0v) is 10.7. The summed E-state index contributed by atoms with van der Waals surface area (Å²) >= 11 is 1.55. The molecule has 92 valence electrons. The van der Waals surface area contributed by atoms with Gasteiger partial charge in [0.05, 0.1) is 4.75 Å². The minimum atomic E-state index is -0.305. The number of hydrogen-bond acceptors (Lipinski definition) is 4. The van der Waals surface area contributed by atoms with Crippen molar-refractivity contribution in [3.63, 3.8) is 0 Å². The van der Waals surface area contributed by atoms with Gasteiger partial charge in [0, 0.05) is 11.8 Å². The van der Waals surface area contributed by atoms with Crippen LogP contribution in [0.15, 0.2) is 10.9 Å². The molecular weight excluding hydrogens is 238 g/mol. The second kappa shape index (κ2) is 4.52. The molecule has 0 bridgehead atoms. The van der Waals surface area contributed by atoms with E-state index < -0.39 is 0 Å². The second-order valence-electron chi connectivity index (χ2n) is 4.09. The predicted molar refractivity (Wildman–Crippen MR) is 68.3 cm³/mol. The first kappa shape index (κ1) is 12.2. The number of H-pyrrole nitrogens is 1. The molecule has 0 saturated heterocycles. The number of carbonyl (C=O) groups excluding carboxylic acids is 1. The zero-order valence-electron chi connectivity index (χ0n) is 9.87. The topological polar surface area (TPSA) is 74.8 Å². The zero-order chi connectivity index (χ0) is 12.5. The molecule has 0 radical (unpaired) electrons. The van der Waals surface area contributed by atoms with Crippen molar-refractivity contribution in [3.8, 4) is 0 Å². The van der Waals surface area contributed by atoms with Gasteiger partial charge in [0.1, 0.15) is 0 Å².